The molecule has 0 aliphatic heterocycles. The first-order valence-electron chi connectivity index (χ1n) is 10.4. The van der Waals surface area contributed by atoms with E-state index in [1.165, 1.54) is 0 Å². The van der Waals surface area contributed by atoms with E-state index in [4.69, 9.17) is 4.74 Å². The zero-order chi connectivity index (χ0) is 18.7. The molecule has 4 rings (SSSR count). The maximum atomic E-state index is 15.1. The maximum Gasteiger partial charge on any atom is 0.305 e. The summed E-state index contributed by atoms with van der Waals surface area (Å²) in [5.74, 6) is 1.18. The lowest BCUT2D eigenvalue weighted by Crippen LogP contribution is -2.54. The van der Waals surface area contributed by atoms with Crippen molar-refractivity contribution in [3.63, 3.8) is 0 Å². The van der Waals surface area contributed by atoms with Crippen LogP contribution in [0.2, 0.25) is 0 Å². The van der Waals surface area contributed by atoms with E-state index in [0.29, 0.717) is 37.0 Å². The lowest BCUT2D eigenvalue weighted by atomic mass is 9.47. The summed E-state index contributed by atoms with van der Waals surface area (Å²) >= 11 is 0. The number of esters is 1. The Morgan fingerprint density at radius 2 is 2.00 bits per heavy atom. The normalized spacial score (nSPS) is 47.5. The molecule has 144 valence electrons. The van der Waals surface area contributed by atoms with Gasteiger partial charge < -0.3 is 4.74 Å². The molecule has 0 aromatic carbocycles. The van der Waals surface area contributed by atoms with Crippen LogP contribution in [0.1, 0.15) is 72.1 Å². The van der Waals surface area contributed by atoms with Gasteiger partial charge >= 0.3 is 5.97 Å². The third-order valence-corrected chi connectivity index (χ3v) is 8.41. The predicted molar refractivity (Wildman–Crippen MR) is 97.2 cm³/mol. The lowest BCUT2D eigenvalue weighted by Gasteiger charge is -2.58. The number of allylic oxidation sites excluding steroid dienone is 1. The largest absolute Gasteiger partial charge is 0.462 e. The average Bonchev–Trinajstić information content (AvgIpc) is 2.93. The minimum absolute atomic E-state index is 0.0170. The van der Waals surface area contributed by atoms with E-state index in [9.17, 15) is 9.59 Å². The zero-order valence-electron chi connectivity index (χ0n) is 16.2. The van der Waals surface area contributed by atoms with Crippen LogP contribution in [0.15, 0.2) is 11.6 Å². The van der Waals surface area contributed by atoms with Gasteiger partial charge in [-0.3, -0.25) is 9.59 Å². The van der Waals surface area contributed by atoms with Crippen molar-refractivity contribution >= 4 is 11.8 Å². The van der Waals surface area contributed by atoms with Crippen molar-refractivity contribution in [1.82, 2.24) is 0 Å². The number of ketones is 1. The fourth-order valence-electron chi connectivity index (χ4n) is 6.95. The third kappa shape index (κ3) is 2.51. The Hall–Kier alpha value is -1.19. The summed E-state index contributed by atoms with van der Waals surface area (Å²) in [6.07, 6.45) is 6.92. The monoisotopic (exact) mass is 362 g/mol. The first-order chi connectivity index (χ1) is 12.3. The number of rotatable bonds is 2. The van der Waals surface area contributed by atoms with Crippen molar-refractivity contribution in [2.75, 3.05) is 0 Å². The molecule has 0 aromatic heterocycles. The van der Waals surface area contributed by atoms with E-state index < -0.39 is 6.17 Å². The molecule has 3 fully saturated rings. The van der Waals surface area contributed by atoms with Crippen molar-refractivity contribution in [3.05, 3.63) is 11.6 Å². The number of alkyl halides is 1. The van der Waals surface area contributed by atoms with Gasteiger partial charge in [0.2, 0.25) is 0 Å². The summed E-state index contributed by atoms with van der Waals surface area (Å²) in [6.45, 7) is 6.29. The highest BCUT2D eigenvalue weighted by atomic mass is 19.1. The Balaban J connectivity index is 1.63. The van der Waals surface area contributed by atoms with E-state index in [2.05, 4.69) is 13.8 Å². The van der Waals surface area contributed by atoms with Gasteiger partial charge in [0, 0.05) is 18.3 Å². The van der Waals surface area contributed by atoms with Crippen LogP contribution in [-0.2, 0) is 14.3 Å². The Morgan fingerprint density at radius 1 is 1.23 bits per heavy atom. The van der Waals surface area contributed by atoms with Gasteiger partial charge in [-0.05, 0) is 73.3 Å². The lowest BCUT2D eigenvalue weighted by molar-refractivity contribution is -0.160. The third-order valence-electron chi connectivity index (χ3n) is 8.41. The Morgan fingerprint density at radius 3 is 2.73 bits per heavy atom. The fraction of sp³-hybridized carbons (Fsp3) is 0.818. The van der Waals surface area contributed by atoms with Gasteiger partial charge in [-0.15, -0.1) is 0 Å². The van der Waals surface area contributed by atoms with Gasteiger partial charge in [0.15, 0.2) is 5.78 Å². The number of hydrogen-bond acceptors (Lipinski definition) is 3. The Labute approximate surface area is 155 Å². The molecule has 3 nitrogen and oxygen atoms in total. The molecule has 0 spiro atoms. The molecule has 4 aliphatic carbocycles. The first-order valence-corrected chi connectivity index (χ1v) is 10.4. The quantitative estimate of drug-likeness (QED) is 0.664. The van der Waals surface area contributed by atoms with Crippen LogP contribution in [0.4, 0.5) is 4.39 Å². The van der Waals surface area contributed by atoms with Crippen LogP contribution in [0, 0.1) is 28.6 Å². The number of halogens is 1. The van der Waals surface area contributed by atoms with E-state index in [0.717, 1.165) is 37.7 Å². The molecule has 0 radical (unpaired) electrons. The molecular weight excluding hydrogens is 331 g/mol. The molecule has 7 atom stereocenters. The minimum atomic E-state index is -0.995. The molecule has 0 saturated heterocycles. The van der Waals surface area contributed by atoms with Gasteiger partial charge in [0.1, 0.15) is 12.3 Å². The molecular formula is C22H31FO3. The average molecular weight is 362 g/mol. The Kier molecular flexibility index (Phi) is 4.32. The molecule has 4 heteroatoms. The number of carbonyl (C=O) groups is 2. The second-order valence-electron chi connectivity index (χ2n) is 9.52. The van der Waals surface area contributed by atoms with Crippen molar-refractivity contribution in [2.24, 2.45) is 28.6 Å². The van der Waals surface area contributed by atoms with E-state index in [1.807, 2.05) is 6.92 Å². The van der Waals surface area contributed by atoms with Gasteiger partial charge in [-0.2, -0.15) is 0 Å². The summed E-state index contributed by atoms with van der Waals surface area (Å²) < 4.78 is 20.9. The standard InChI is InChI=1S/C22H31FO3/c1-4-20(25)26-19-6-5-15-14-12-18(23)17-11-13(24)7-9-21(17,2)16(14)8-10-22(15,19)3/h11,14-16,18-19H,4-10,12H2,1-3H3/t14-,15-,16-,18?,19-,21+,22-/m0/s1. The molecule has 3 saturated carbocycles. The van der Waals surface area contributed by atoms with Crippen molar-refractivity contribution in [1.29, 1.82) is 0 Å². The van der Waals surface area contributed by atoms with Crippen molar-refractivity contribution in [3.8, 4) is 0 Å². The molecule has 4 aliphatic rings. The molecule has 0 aromatic rings. The summed E-state index contributed by atoms with van der Waals surface area (Å²) in [7, 11) is 0. The van der Waals surface area contributed by atoms with Crippen LogP contribution >= 0.6 is 0 Å². The molecule has 0 amide bonds. The summed E-state index contributed by atoms with van der Waals surface area (Å²) in [6, 6.07) is 0. The molecule has 26 heavy (non-hydrogen) atoms. The van der Waals surface area contributed by atoms with Crippen LogP contribution < -0.4 is 0 Å². The van der Waals surface area contributed by atoms with Gasteiger partial charge in [-0.25, -0.2) is 4.39 Å². The van der Waals surface area contributed by atoms with Gasteiger partial charge in [0.25, 0.3) is 0 Å². The summed E-state index contributed by atoms with van der Waals surface area (Å²) in [4.78, 5) is 23.7. The Bertz CT molecular complexity index is 656. The summed E-state index contributed by atoms with van der Waals surface area (Å²) in [5, 5.41) is 0. The van der Waals surface area contributed by atoms with E-state index in [-0.39, 0.29) is 28.7 Å². The molecule has 1 unspecified atom stereocenters. The minimum Gasteiger partial charge on any atom is -0.462 e. The fourth-order valence-corrected chi connectivity index (χ4v) is 6.95. The second kappa shape index (κ2) is 6.17. The van der Waals surface area contributed by atoms with Crippen molar-refractivity contribution in [2.45, 2.75) is 84.4 Å². The van der Waals surface area contributed by atoms with Crippen LogP contribution in [0.25, 0.3) is 0 Å². The SMILES string of the molecule is CCC(=O)O[C@H]1CC[C@H]2[C@@H]3CC(F)C4=CC(=O)CC[C@]4(C)[C@H]3CC[C@]12C. The van der Waals surface area contributed by atoms with Crippen molar-refractivity contribution < 1.29 is 18.7 Å². The molecule has 0 bridgehead atoms. The number of ether oxygens (including phenoxy) is 1. The maximum absolute atomic E-state index is 15.1. The smallest absolute Gasteiger partial charge is 0.305 e. The van der Waals surface area contributed by atoms with Crippen LogP contribution in [-0.4, -0.2) is 24.0 Å². The van der Waals surface area contributed by atoms with Gasteiger partial charge in [0.05, 0.1) is 0 Å². The van der Waals surface area contributed by atoms with Gasteiger partial charge in [-0.1, -0.05) is 20.8 Å². The highest BCUT2D eigenvalue weighted by Crippen LogP contribution is 2.66. The molecule has 0 N–H and O–H groups in total. The number of fused-ring (bicyclic) bond motifs is 5. The number of hydrogen-bond donors (Lipinski definition) is 0. The highest BCUT2D eigenvalue weighted by Gasteiger charge is 2.61. The van der Waals surface area contributed by atoms with Crippen LogP contribution in [0.5, 0.6) is 0 Å². The first kappa shape index (κ1) is 18.2. The highest BCUT2D eigenvalue weighted by molar-refractivity contribution is 5.91. The predicted octanol–water partition coefficient (Wildman–Crippen LogP) is 4.79. The van der Waals surface area contributed by atoms with E-state index >= 15 is 4.39 Å². The molecule has 0 heterocycles. The second-order valence-corrected chi connectivity index (χ2v) is 9.52. The topological polar surface area (TPSA) is 43.4 Å². The van der Waals surface area contributed by atoms with Crippen LogP contribution in [0.3, 0.4) is 0 Å². The summed E-state index contributed by atoms with van der Waals surface area (Å²) in [5.41, 5.74) is 0.578. The zero-order valence-corrected chi connectivity index (χ0v) is 16.2. The van der Waals surface area contributed by atoms with E-state index in [1.54, 1.807) is 6.08 Å². The number of carbonyl (C=O) groups excluding carboxylic acids is 2.